The summed E-state index contributed by atoms with van der Waals surface area (Å²) in [7, 11) is 2.28. The molecule has 1 heterocycles. The van der Waals surface area contributed by atoms with Crippen LogP contribution in [-0.2, 0) is 9.09 Å². The van der Waals surface area contributed by atoms with Gasteiger partial charge in [0.2, 0.25) is 0 Å². The van der Waals surface area contributed by atoms with Crippen LogP contribution in [-0.4, -0.2) is 61.0 Å². The maximum absolute atomic E-state index is 12.3. The third-order valence-electron chi connectivity index (χ3n) is 2.33. The minimum atomic E-state index is -2.77. The molecule has 0 aromatic heterocycles. The zero-order valence-electron chi connectivity index (χ0n) is 8.88. The molecule has 0 N–H and O–H groups in total. The van der Waals surface area contributed by atoms with Gasteiger partial charge in [0.05, 0.1) is 0 Å². The number of thiol groups is 1. The van der Waals surface area contributed by atoms with Crippen LogP contribution in [0.15, 0.2) is 0 Å². The number of hydrogen-bond acceptors (Lipinski definition) is 4. The molecule has 0 amide bonds. The van der Waals surface area contributed by atoms with Gasteiger partial charge in [0.1, 0.15) is 0 Å². The summed E-state index contributed by atoms with van der Waals surface area (Å²) in [5.41, 5.74) is 0. The molecular formula is C7H18N3O2PS. The van der Waals surface area contributed by atoms with Gasteiger partial charge in [-0.2, -0.15) is 0 Å². The first kappa shape index (κ1) is 12.5. The molecule has 0 aliphatic carbocycles. The summed E-state index contributed by atoms with van der Waals surface area (Å²) >= 11 is 4.24. The second-order valence-electron chi connectivity index (χ2n) is 3.43. The van der Waals surface area contributed by atoms with Crippen molar-refractivity contribution in [2.75, 3.05) is 47.4 Å². The van der Waals surface area contributed by atoms with E-state index in [1.807, 2.05) is 8.98 Å². The second kappa shape index (κ2) is 4.96. The quantitative estimate of drug-likeness (QED) is 0.581. The Hall–Kier alpha value is 0.420. The Bertz CT molecular complexity index is 231. The zero-order chi connectivity index (χ0) is 10.8. The molecule has 0 spiro atoms. The Balaban J connectivity index is 2.67. The lowest BCUT2D eigenvalue weighted by Crippen LogP contribution is -2.42. The Morgan fingerprint density at radius 1 is 1.29 bits per heavy atom. The molecule has 0 saturated carbocycles. The lowest BCUT2D eigenvalue weighted by atomic mass is 10.4. The normalized spacial score (nSPS) is 25.2. The number of piperazine rings is 1. The van der Waals surface area contributed by atoms with Crippen LogP contribution in [0.5, 0.6) is 0 Å². The van der Waals surface area contributed by atoms with Gasteiger partial charge in [0, 0.05) is 33.3 Å². The van der Waals surface area contributed by atoms with Crippen molar-refractivity contribution in [2.45, 2.75) is 0 Å². The average Bonchev–Trinajstić information content (AvgIpc) is 2.17. The molecule has 0 aromatic rings. The first-order valence-electron chi connectivity index (χ1n) is 4.53. The van der Waals surface area contributed by atoms with E-state index in [9.17, 15) is 4.57 Å². The van der Waals surface area contributed by atoms with Gasteiger partial charge >= 0.3 is 7.67 Å². The minimum absolute atomic E-state index is 0.729. The zero-order valence-corrected chi connectivity index (χ0v) is 10.7. The predicted octanol–water partition coefficient (Wildman–Crippen LogP) is 0.765. The highest BCUT2D eigenvalue weighted by Gasteiger charge is 2.35. The number of nitrogens with zero attached hydrogens (tertiary/aromatic N) is 3. The van der Waals surface area contributed by atoms with Crippen molar-refractivity contribution in [2.24, 2.45) is 0 Å². The topological polar surface area (TPSA) is 36.0 Å². The molecule has 1 fully saturated rings. The average molecular weight is 239 g/mol. The standard InChI is InChI=1S/C7H18N3O2PS/c1-8(2)13(11,12-3)9-4-6-10(14)7-5-9/h14H,4-7H2,1-3H3. The summed E-state index contributed by atoms with van der Waals surface area (Å²) in [6.07, 6.45) is 0. The Morgan fingerprint density at radius 2 is 1.79 bits per heavy atom. The molecule has 1 saturated heterocycles. The summed E-state index contributed by atoms with van der Waals surface area (Å²) in [6.45, 7) is 3.08. The lowest BCUT2D eigenvalue weighted by Gasteiger charge is -2.38. The van der Waals surface area contributed by atoms with E-state index in [0.29, 0.717) is 0 Å². The fourth-order valence-electron chi connectivity index (χ4n) is 1.47. The molecule has 5 nitrogen and oxygen atoms in total. The van der Waals surface area contributed by atoms with Gasteiger partial charge < -0.3 is 4.52 Å². The molecule has 1 aliphatic rings. The largest absolute Gasteiger partial charge is 0.345 e. The summed E-state index contributed by atoms with van der Waals surface area (Å²) in [5, 5.41) is 0. The Kier molecular flexibility index (Phi) is 4.43. The fraction of sp³-hybridized carbons (Fsp3) is 1.00. The van der Waals surface area contributed by atoms with E-state index in [2.05, 4.69) is 12.8 Å². The van der Waals surface area contributed by atoms with Gasteiger partial charge in [0.25, 0.3) is 0 Å². The molecule has 1 rings (SSSR count). The van der Waals surface area contributed by atoms with Crippen molar-refractivity contribution in [1.82, 2.24) is 13.6 Å². The van der Waals surface area contributed by atoms with E-state index in [0.717, 1.165) is 26.2 Å². The third-order valence-corrected chi connectivity index (χ3v) is 5.33. The second-order valence-corrected chi connectivity index (χ2v) is 6.71. The van der Waals surface area contributed by atoms with Crippen LogP contribution in [0, 0.1) is 0 Å². The van der Waals surface area contributed by atoms with Gasteiger partial charge in [-0.25, -0.2) is 9.34 Å². The first-order valence-corrected chi connectivity index (χ1v) is 6.46. The highest BCUT2D eigenvalue weighted by atomic mass is 32.1. The summed E-state index contributed by atoms with van der Waals surface area (Å²) < 4.78 is 22.9. The molecule has 1 unspecified atom stereocenters. The molecule has 84 valence electrons. The summed E-state index contributed by atoms with van der Waals surface area (Å²) in [6, 6.07) is 0. The van der Waals surface area contributed by atoms with Crippen LogP contribution in [0.2, 0.25) is 0 Å². The lowest BCUT2D eigenvalue weighted by molar-refractivity contribution is 0.221. The molecule has 14 heavy (non-hydrogen) atoms. The number of rotatable bonds is 3. The maximum Gasteiger partial charge on any atom is 0.345 e. The predicted molar refractivity (Wildman–Crippen MR) is 60.4 cm³/mol. The van der Waals surface area contributed by atoms with Crippen molar-refractivity contribution in [3.05, 3.63) is 0 Å². The van der Waals surface area contributed by atoms with Crippen molar-refractivity contribution >= 4 is 20.5 Å². The molecule has 1 aliphatic heterocycles. The van der Waals surface area contributed by atoms with Crippen LogP contribution in [0.25, 0.3) is 0 Å². The van der Waals surface area contributed by atoms with E-state index >= 15 is 0 Å². The van der Waals surface area contributed by atoms with Gasteiger partial charge in [-0.05, 0) is 14.1 Å². The van der Waals surface area contributed by atoms with Crippen LogP contribution < -0.4 is 0 Å². The van der Waals surface area contributed by atoms with E-state index in [-0.39, 0.29) is 0 Å². The molecule has 1 atom stereocenters. The van der Waals surface area contributed by atoms with Crippen LogP contribution in [0.3, 0.4) is 0 Å². The summed E-state index contributed by atoms with van der Waals surface area (Å²) in [5.74, 6) is 0. The molecule has 0 bridgehead atoms. The van der Waals surface area contributed by atoms with Gasteiger partial charge in [-0.15, -0.1) is 0 Å². The Labute approximate surface area is 91.1 Å². The third kappa shape index (κ3) is 2.51. The monoisotopic (exact) mass is 239 g/mol. The van der Waals surface area contributed by atoms with Crippen LogP contribution >= 0.6 is 20.5 Å². The van der Waals surface area contributed by atoms with E-state index in [1.54, 1.807) is 18.8 Å². The number of hydrogen-bond donors (Lipinski definition) is 1. The van der Waals surface area contributed by atoms with Crippen molar-refractivity contribution in [3.8, 4) is 0 Å². The molecular weight excluding hydrogens is 221 g/mol. The van der Waals surface area contributed by atoms with Gasteiger partial charge in [-0.3, -0.25) is 8.87 Å². The van der Waals surface area contributed by atoms with E-state index in [1.165, 1.54) is 7.11 Å². The summed E-state index contributed by atoms with van der Waals surface area (Å²) in [4.78, 5) is 0. The highest BCUT2D eigenvalue weighted by Crippen LogP contribution is 2.51. The van der Waals surface area contributed by atoms with Crippen LogP contribution in [0.4, 0.5) is 0 Å². The fourth-order valence-corrected chi connectivity index (χ4v) is 3.40. The van der Waals surface area contributed by atoms with E-state index in [4.69, 9.17) is 4.52 Å². The van der Waals surface area contributed by atoms with Crippen molar-refractivity contribution in [3.63, 3.8) is 0 Å². The van der Waals surface area contributed by atoms with Crippen LogP contribution in [0.1, 0.15) is 0 Å². The maximum atomic E-state index is 12.3. The Morgan fingerprint density at radius 3 is 2.14 bits per heavy atom. The smallest absolute Gasteiger partial charge is 0.309 e. The molecule has 0 aromatic carbocycles. The van der Waals surface area contributed by atoms with Crippen molar-refractivity contribution < 1.29 is 9.09 Å². The highest BCUT2D eigenvalue weighted by molar-refractivity contribution is 7.77. The van der Waals surface area contributed by atoms with Gasteiger partial charge in [-0.1, -0.05) is 12.8 Å². The first-order chi connectivity index (χ1) is 6.50. The van der Waals surface area contributed by atoms with E-state index < -0.39 is 7.67 Å². The van der Waals surface area contributed by atoms with Gasteiger partial charge in [0.15, 0.2) is 0 Å². The minimum Gasteiger partial charge on any atom is -0.309 e. The SMILES string of the molecule is COP(=O)(N(C)C)N1CCN(S)CC1. The molecule has 7 heteroatoms. The van der Waals surface area contributed by atoms with Crippen molar-refractivity contribution in [1.29, 1.82) is 0 Å². The molecule has 0 radical (unpaired) electrons.